The Labute approximate surface area is 109 Å². The van der Waals surface area contributed by atoms with Crippen LogP contribution in [0.2, 0.25) is 0 Å². The van der Waals surface area contributed by atoms with Crippen molar-refractivity contribution in [1.29, 1.82) is 0 Å². The van der Waals surface area contributed by atoms with Gasteiger partial charge in [0.2, 0.25) is 0 Å². The molecule has 1 aliphatic rings. The van der Waals surface area contributed by atoms with Gasteiger partial charge in [0.05, 0.1) is 12.6 Å². The molecule has 1 aromatic rings. The van der Waals surface area contributed by atoms with Crippen LogP contribution in [0.5, 0.6) is 0 Å². The van der Waals surface area contributed by atoms with Gasteiger partial charge >= 0.3 is 6.03 Å². The Morgan fingerprint density at radius 1 is 1.59 bits per heavy atom. The molecule has 1 fully saturated rings. The van der Waals surface area contributed by atoms with Gasteiger partial charge in [-0.3, -0.25) is 0 Å². The first kappa shape index (κ1) is 12.4. The smallest absolute Gasteiger partial charge is 0.318 e. The first-order chi connectivity index (χ1) is 8.20. The van der Waals surface area contributed by atoms with E-state index in [-0.39, 0.29) is 12.1 Å². The van der Waals surface area contributed by atoms with E-state index in [1.807, 2.05) is 24.3 Å². The van der Waals surface area contributed by atoms with Gasteiger partial charge in [0.1, 0.15) is 0 Å². The van der Waals surface area contributed by atoms with Crippen LogP contribution in [0.4, 0.5) is 4.79 Å². The normalized spacial score (nSPS) is 19.5. The van der Waals surface area contributed by atoms with Crippen molar-refractivity contribution in [2.75, 3.05) is 26.8 Å². The van der Waals surface area contributed by atoms with Crippen LogP contribution < -0.4 is 5.32 Å². The Balaban J connectivity index is 2.03. The molecular formula is C12H15BrN2O2. The second-order valence-corrected chi connectivity index (χ2v) is 4.91. The lowest BCUT2D eigenvalue weighted by Gasteiger charge is -2.13. The Morgan fingerprint density at radius 2 is 2.41 bits per heavy atom. The first-order valence-corrected chi connectivity index (χ1v) is 6.30. The molecule has 2 amide bonds. The number of amides is 2. The summed E-state index contributed by atoms with van der Waals surface area (Å²) in [5, 5.41) is 2.97. The molecule has 1 atom stereocenters. The third-order valence-corrected chi connectivity index (χ3v) is 3.30. The Bertz CT molecular complexity index is 411. The van der Waals surface area contributed by atoms with Crippen molar-refractivity contribution < 1.29 is 9.53 Å². The zero-order chi connectivity index (χ0) is 12.3. The molecule has 0 bridgehead atoms. The third kappa shape index (κ3) is 2.98. The van der Waals surface area contributed by atoms with Gasteiger partial charge in [-0.25, -0.2) is 4.79 Å². The van der Waals surface area contributed by atoms with E-state index in [0.29, 0.717) is 19.7 Å². The minimum Gasteiger partial charge on any atom is -0.383 e. The van der Waals surface area contributed by atoms with Gasteiger partial charge < -0.3 is 15.0 Å². The van der Waals surface area contributed by atoms with Crippen molar-refractivity contribution in [3.63, 3.8) is 0 Å². The van der Waals surface area contributed by atoms with Crippen LogP contribution >= 0.6 is 15.9 Å². The zero-order valence-electron chi connectivity index (χ0n) is 9.65. The molecule has 1 saturated heterocycles. The molecule has 0 aliphatic carbocycles. The molecule has 92 valence electrons. The van der Waals surface area contributed by atoms with Crippen molar-refractivity contribution in [2.45, 2.75) is 6.04 Å². The quantitative estimate of drug-likeness (QED) is 0.925. The summed E-state index contributed by atoms with van der Waals surface area (Å²) in [5.74, 6) is 0. The predicted molar refractivity (Wildman–Crippen MR) is 68.9 cm³/mol. The molecule has 0 radical (unpaired) electrons. The van der Waals surface area contributed by atoms with Crippen LogP contribution in [-0.2, 0) is 4.74 Å². The summed E-state index contributed by atoms with van der Waals surface area (Å²) in [5.41, 5.74) is 1.12. The van der Waals surface area contributed by atoms with Crippen LogP contribution in [0.15, 0.2) is 28.7 Å². The summed E-state index contributed by atoms with van der Waals surface area (Å²) in [6.07, 6.45) is 0. The Hall–Kier alpha value is -1.07. The van der Waals surface area contributed by atoms with Crippen molar-refractivity contribution in [2.24, 2.45) is 0 Å². The van der Waals surface area contributed by atoms with Gasteiger partial charge in [-0.15, -0.1) is 0 Å². The lowest BCUT2D eigenvalue weighted by atomic mass is 10.1. The number of urea groups is 1. The molecule has 17 heavy (non-hydrogen) atoms. The number of carbonyl (C=O) groups is 1. The lowest BCUT2D eigenvalue weighted by molar-refractivity contribution is 0.161. The number of methoxy groups -OCH3 is 1. The fourth-order valence-corrected chi connectivity index (χ4v) is 2.31. The minimum absolute atomic E-state index is 0.0213. The number of benzene rings is 1. The van der Waals surface area contributed by atoms with Gasteiger partial charge in [-0.2, -0.15) is 0 Å². The molecule has 4 nitrogen and oxygen atoms in total. The topological polar surface area (TPSA) is 41.6 Å². The first-order valence-electron chi connectivity index (χ1n) is 5.50. The van der Waals surface area contributed by atoms with Crippen molar-refractivity contribution in [3.05, 3.63) is 34.3 Å². The minimum atomic E-state index is -0.0213. The Kier molecular flexibility index (Phi) is 4.02. The number of carbonyl (C=O) groups excluding carboxylic acids is 1. The summed E-state index contributed by atoms with van der Waals surface area (Å²) in [6, 6.07) is 8.05. The molecule has 5 heteroatoms. The van der Waals surface area contributed by atoms with Gasteiger partial charge in [-0.1, -0.05) is 28.1 Å². The van der Waals surface area contributed by atoms with Crippen molar-refractivity contribution >= 4 is 22.0 Å². The standard InChI is InChI=1S/C12H15BrN2O2/c1-17-6-5-15-8-11(14-12(15)16)9-3-2-4-10(13)7-9/h2-4,7,11H,5-6,8H2,1H3,(H,14,16). The average molecular weight is 299 g/mol. The summed E-state index contributed by atoms with van der Waals surface area (Å²) >= 11 is 3.44. The fourth-order valence-electron chi connectivity index (χ4n) is 1.90. The van der Waals surface area contributed by atoms with E-state index in [1.54, 1.807) is 12.0 Å². The molecule has 1 unspecified atom stereocenters. The Morgan fingerprint density at radius 3 is 3.12 bits per heavy atom. The number of rotatable bonds is 4. The third-order valence-electron chi connectivity index (χ3n) is 2.80. The second-order valence-electron chi connectivity index (χ2n) is 4.00. The number of hydrogen-bond acceptors (Lipinski definition) is 2. The van der Waals surface area contributed by atoms with Gasteiger partial charge in [0.15, 0.2) is 0 Å². The van der Waals surface area contributed by atoms with Crippen LogP contribution in [0.1, 0.15) is 11.6 Å². The van der Waals surface area contributed by atoms with E-state index in [2.05, 4.69) is 21.2 Å². The summed E-state index contributed by atoms with van der Waals surface area (Å²) in [7, 11) is 1.64. The second kappa shape index (κ2) is 5.51. The van der Waals surface area contributed by atoms with Gasteiger partial charge in [0.25, 0.3) is 0 Å². The maximum atomic E-state index is 11.7. The summed E-state index contributed by atoms with van der Waals surface area (Å²) in [6.45, 7) is 1.89. The molecule has 2 rings (SSSR count). The maximum Gasteiger partial charge on any atom is 0.318 e. The van der Waals surface area contributed by atoms with Crippen LogP contribution in [0.3, 0.4) is 0 Å². The summed E-state index contributed by atoms with van der Waals surface area (Å²) in [4.78, 5) is 13.5. The van der Waals surface area contributed by atoms with Gasteiger partial charge in [-0.05, 0) is 17.7 Å². The highest BCUT2D eigenvalue weighted by molar-refractivity contribution is 9.10. The summed E-state index contributed by atoms with van der Waals surface area (Å²) < 4.78 is 6.01. The molecule has 1 aromatic carbocycles. The molecular weight excluding hydrogens is 284 g/mol. The predicted octanol–water partition coefficient (Wildman–Crippen LogP) is 2.16. The lowest BCUT2D eigenvalue weighted by Crippen LogP contribution is -2.30. The number of ether oxygens (including phenoxy) is 1. The fraction of sp³-hybridized carbons (Fsp3) is 0.417. The van der Waals surface area contributed by atoms with Gasteiger partial charge in [0, 0.05) is 24.7 Å². The average Bonchev–Trinajstić information content (AvgIpc) is 2.68. The van der Waals surface area contributed by atoms with E-state index in [9.17, 15) is 4.79 Å². The van der Waals surface area contributed by atoms with Crippen molar-refractivity contribution in [3.8, 4) is 0 Å². The number of hydrogen-bond donors (Lipinski definition) is 1. The molecule has 1 heterocycles. The van der Waals surface area contributed by atoms with E-state index in [1.165, 1.54) is 0 Å². The largest absolute Gasteiger partial charge is 0.383 e. The molecule has 1 N–H and O–H groups in total. The number of nitrogens with zero attached hydrogens (tertiary/aromatic N) is 1. The van der Waals surface area contributed by atoms with Crippen LogP contribution in [0, 0.1) is 0 Å². The zero-order valence-corrected chi connectivity index (χ0v) is 11.2. The highest BCUT2D eigenvalue weighted by Gasteiger charge is 2.29. The van der Waals surface area contributed by atoms with E-state index in [4.69, 9.17) is 4.74 Å². The van der Waals surface area contributed by atoms with E-state index in [0.717, 1.165) is 10.0 Å². The molecule has 0 spiro atoms. The van der Waals surface area contributed by atoms with E-state index < -0.39 is 0 Å². The number of nitrogens with one attached hydrogen (secondary N) is 1. The maximum absolute atomic E-state index is 11.7. The highest BCUT2D eigenvalue weighted by Crippen LogP contribution is 2.22. The van der Waals surface area contributed by atoms with Crippen LogP contribution in [-0.4, -0.2) is 37.7 Å². The van der Waals surface area contributed by atoms with Crippen LogP contribution in [0.25, 0.3) is 0 Å². The monoisotopic (exact) mass is 298 g/mol. The number of halogens is 1. The molecule has 0 saturated carbocycles. The molecule has 1 aliphatic heterocycles. The highest BCUT2D eigenvalue weighted by atomic mass is 79.9. The molecule has 0 aromatic heterocycles. The van der Waals surface area contributed by atoms with E-state index >= 15 is 0 Å². The van der Waals surface area contributed by atoms with Crippen molar-refractivity contribution in [1.82, 2.24) is 10.2 Å². The SMILES string of the molecule is COCCN1CC(c2cccc(Br)c2)NC1=O.